The number of H-pyrrole nitrogens is 1. The summed E-state index contributed by atoms with van der Waals surface area (Å²) in [4.78, 5) is 16.2. The molecular formula is C18H11F3N4S. The van der Waals surface area contributed by atoms with E-state index in [0.717, 1.165) is 23.2 Å². The van der Waals surface area contributed by atoms with E-state index in [0.29, 0.717) is 21.6 Å². The summed E-state index contributed by atoms with van der Waals surface area (Å²) in [5.74, 6) is 0. The molecule has 4 nitrogen and oxygen atoms in total. The number of imidazole rings is 1. The van der Waals surface area contributed by atoms with Gasteiger partial charge in [0.2, 0.25) is 0 Å². The molecule has 130 valence electrons. The minimum atomic E-state index is -4.35. The molecule has 0 saturated carbocycles. The number of hydrogen-bond donors (Lipinski definition) is 1. The molecule has 0 radical (unpaired) electrons. The molecule has 0 amide bonds. The van der Waals surface area contributed by atoms with Gasteiger partial charge in [-0.25, -0.2) is 15.0 Å². The van der Waals surface area contributed by atoms with Crippen LogP contribution in [0.4, 0.5) is 13.2 Å². The SMILES string of the molecule is FC(F)(F)c1ccc(-c2ccnc(Sc3nc4ccccc4[nH]3)n2)cc1. The predicted molar refractivity (Wildman–Crippen MR) is 92.7 cm³/mol. The minimum absolute atomic E-state index is 0.460. The van der Waals surface area contributed by atoms with Crippen LogP contribution >= 0.6 is 11.8 Å². The fourth-order valence-electron chi connectivity index (χ4n) is 2.44. The van der Waals surface area contributed by atoms with Gasteiger partial charge in [0.05, 0.1) is 22.3 Å². The van der Waals surface area contributed by atoms with Crippen molar-refractivity contribution in [1.29, 1.82) is 0 Å². The number of benzene rings is 2. The maximum atomic E-state index is 12.7. The average molecular weight is 372 g/mol. The number of halogens is 3. The second kappa shape index (κ2) is 6.45. The fourth-order valence-corrected chi connectivity index (χ4v) is 3.18. The lowest BCUT2D eigenvalue weighted by Gasteiger charge is -2.07. The van der Waals surface area contributed by atoms with E-state index in [1.165, 1.54) is 23.9 Å². The Balaban J connectivity index is 1.60. The Morgan fingerprint density at radius 1 is 0.885 bits per heavy atom. The first-order valence-electron chi connectivity index (χ1n) is 7.62. The van der Waals surface area contributed by atoms with Crippen LogP contribution in [0.5, 0.6) is 0 Å². The van der Waals surface area contributed by atoms with Crippen LogP contribution in [0, 0.1) is 0 Å². The van der Waals surface area contributed by atoms with Crippen molar-refractivity contribution in [2.45, 2.75) is 16.5 Å². The van der Waals surface area contributed by atoms with Crippen LogP contribution in [0.1, 0.15) is 5.56 Å². The first-order chi connectivity index (χ1) is 12.5. The molecule has 4 aromatic rings. The van der Waals surface area contributed by atoms with Crippen molar-refractivity contribution in [3.8, 4) is 11.3 Å². The highest BCUT2D eigenvalue weighted by molar-refractivity contribution is 7.99. The Labute approximate surface area is 150 Å². The summed E-state index contributed by atoms with van der Waals surface area (Å²) in [5, 5.41) is 1.11. The highest BCUT2D eigenvalue weighted by Crippen LogP contribution is 2.31. The Bertz CT molecular complexity index is 1020. The first kappa shape index (κ1) is 16.6. The van der Waals surface area contributed by atoms with Gasteiger partial charge in [-0.05, 0) is 42.1 Å². The van der Waals surface area contributed by atoms with Gasteiger partial charge in [-0.3, -0.25) is 0 Å². The van der Waals surface area contributed by atoms with Crippen LogP contribution in [-0.2, 0) is 6.18 Å². The van der Waals surface area contributed by atoms with E-state index >= 15 is 0 Å². The maximum Gasteiger partial charge on any atom is 0.416 e. The van der Waals surface area contributed by atoms with Gasteiger partial charge in [0.25, 0.3) is 0 Å². The normalized spacial score (nSPS) is 11.8. The molecule has 0 aliphatic carbocycles. The van der Waals surface area contributed by atoms with Gasteiger partial charge in [-0.2, -0.15) is 13.2 Å². The van der Waals surface area contributed by atoms with Crippen molar-refractivity contribution in [3.63, 3.8) is 0 Å². The lowest BCUT2D eigenvalue weighted by atomic mass is 10.1. The number of fused-ring (bicyclic) bond motifs is 1. The molecule has 8 heteroatoms. The molecule has 0 aliphatic heterocycles. The lowest BCUT2D eigenvalue weighted by molar-refractivity contribution is -0.137. The third-order valence-corrected chi connectivity index (χ3v) is 4.46. The highest BCUT2D eigenvalue weighted by atomic mass is 32.2. The molecule has 0 aliphatic rings. The van der Waals surface area contributed by atoms with E-state index < -0.39 is 11.7 Å². The van der Waals surface area contributed by atoms with Gasteiger partial charge in [-0.1, -0.05) is 24.3 Å². The van der Waals surface area contributed by atoms with Gasteiger partial charge in [-0.15, -0.1) is 0 Å². The summed E-state index contributed by atoms with van der Waals surface area (Å²) in [6.45, 7) is 0. The molecule has 2 aromatic carbocycles. The predicted octanol–water partition coefficient (Wildman–Crippen LogP) is 5.19. The third-order valence-electron chi connectivity index (χ3n) is 3.70. The second-order valence-corrected chi connectivity index (χ2v) is 6.42. The number of nitrogens with zero attached hydrogens (tertiary/aromatic N) is 3. The van der Waals surface area contributed by atoms with Crippen LogP contribution in [0.2, 0.25) is 0 Å². The Morgan fingerprint density at radius 2 is 1.65 bits per heavy atom. The van der Waals surface area contributed by atoms with Crippen molar-refractivity contribution < 1.29 is 13.2 Å². The minimum Gasteiger partial charge on any atom is -0.333 e. The van der Waals surface area contributed by atoms with Crippen molar-refractivity contribution in [1.82, 2.24) is 19.9 Å². The number of hydrogen-bond acceptors (Lipinski definition) is 4. The van der Waals surface area contributed by atoms with Crippen LogP contribution in [0.3, 0.4) is 0 Å². The molecule has 0 bridgehead atoms. The third kappa shape index (κ3) is 3.41. The molecule has 2 heterocycles. The van der Waals surface area contributed by atoms with Gasteiger partial charge < -0.3 is 4.98 Å². The van der Waals surface area contributed by atoms with Crippen molar-refractivity contribution >= 4 is 22.8 Å². The molecule has 0 atom stereocenters. The standard InChI is InChI=1S/C18H11F3N4S/c19-18(20,21)12-7-5-11(6-8-12)13-9-10-22-16(23-13)26-17-24-14-3-1-2-4-15(14)25-17/h1-10H,(H,24,25). The van der Waals surface area contributed by atoms with Gasteiger partial charge in [0.15, 0.2) is 10.3 Å². The smallest absolute Gasteiger partial charge is 0.333 e. The number of alkyl halides is 3. The average Bonchev–Trinajstić information content (AvgIpc) is 3.03. The summed E-state index contributed by atoms with van der Waals surface area (Å²) in [5.41, 5.74) is 2.20. The Morgan fingerprint density at radius 3 is 2.38 bits per heavy atom. The van der Waals surface area contributed by atoms with Gasteiger partial charge >= 0.3 is 6.18 Å². The summed E-state index contributed by atoms with van der Waals surface area (Å²) < 4.78 is 38.0. The summed E-state index contributed by atoms with van der Waals surface area (Å²) >= 11 is 1.26. The second-order valence-electron chi connectivity index (χ2n) is 5.46. The molecule has 0 unspecified atom stereocenters. The Hall–Kier alpha value is -2.87. The van der Waals surface area contributed by atoms with E-state index in [2.05, 4.69) is 19.9 Å². The number of aromatic nitrogens is 4. The largest absolute Gasteiger partial charge is 0.416 e. The number of rotatable bonds is 3. The zero-order valence-electron chi connectivity index (χ0n) is 13.2. The topological polar surface area (TPSA) is 54.5 Å². The number of nitrogens with one attached hydrogen (secondary N) is 1. The van der Waals surface area contributed by atoms with E-state index in [9.17, 15) is 13.2 Å². The zero-order valence-corrected chi connectivity index (χ0v) is 14.0. The van der Waals surface area contributed by atoms with Gasteiger partial charge in [0, 0.05) is 11.8 Å². The lowest BCUT2D eigenvalue weighted by Crippen LogP contribution is -2.04. The van der Waals surface area contributed by atoms with E-state index in [-0.39, 0.29) is 0 Å². The van der Waals surface area contributed by atoms with Crippen LogP contribution in [0.15, 0.2) is 71.1 Å². The van der Waals surface area contributed by atoms with Gasteiger partial charge in [0.1, 0.15) is 0 Å². The first-order valence-corrected chi connectivity index (χ1v) is 8.44. The van der Waals surface area contributed by atoms with E-state index in [1.54, 1.807) is 12.3 Å². The quantitative estimate of drug-likeness (QED) is 0.503. The fraction of sp³-hybridized carbons (Fsp3) is 0.0556. The van der Waals surface area contributed by atoms with Crippen molar-refractivity contribution in [2.24, 2.45) is 0 Å². The Kier molecular flexibility index (Phi) is 4.12. The maximum absolute atomic E-state index is 12.7. The molecule has 4 rings (SSSR count). The van der Waals surface area contributed by atoms with Crippen molar-refractivity contribution in [2.75, 3.05) is 0 Å². The molecule has 0 spiro atoms. The number of aromatic amines is 1. The molecule has 0 saturated heterocycles. The molecule has 1 N–H and O–H groups in total. The highest BCUT2D eigenvalue weighted by Gasteiger charge is 2.30. The van der Waals surface area contributed by atoms with E-state index in [4.69, 9.17) is 0 Å². The van der Waals surface area contributed by atoms with Crippen molar-refractivity contribution in [3.05, 3.63) is 66.4 Å². The van der Waals surface area contributed by atoms with Crippen LogP contribution in [-0.4, -0.2) is 19.9 Å². The molecule has 26 heavy (non-hydrogen) atoms. The summed E-state index contributed by atoms with van der Waals surface area (Å²) in [6, 6.07) is 14.2. The zero-order chi connectivity index (χ0) is 18.1. The van der Waals surface area contributed by atoms with Crippen LogP contribution < -0.4 is 0 Å². The molecule has 0 fully saturated rings. The van der Waals surface area contributed by atoms with E-state index in [1.807, 2.05) is 24.3 Å². The monoisotopic (exact) mass is 372 g/mol. The molecular weight excluding hydrogens is 361 g/mol. The molecule has 2 aromatic heterocycles. The number of para-hydroxylation sites is 2. The summed E-state index contributed by atoms with van der Waals surface area (Å²) in [7, 11) is 0. The summed E-state index contributed by atoms with van der Waals surface area (Å²) in [6.07, 6.45) is -2.78. The van der Waals surface area contributed by atoms with Crippen LogP contribution in [0.25, 0.3) is 22.3 Å².